The molecule has 0 saturated heterocycles. The number of aromatic nitrogens is 3. The van der Waals surface area contributed by atoms with E-state index in [0.29, 0.717) is 5.52 Å². The average molecular weight is 394 g/mol. The number of ether oxygens (including phenoxy) is 1. The molecule has 0 atom stereocenters. The number of carbonyl (C=O) groups excluding carboxylic acids is 2. The van der Waals surface area contributed by atoms with Crippen molar-refractivity contribution in [3.05, 3.63) is 40.0 Å². The van der Waals surface area contributed by atoms with Gasteiger partial charge in [-0.1, -0.05) is 0 Å². The van der Waals surface area contributed by atoms with Crippen LogP contribution >= 0.6 is 0 Å². The van der Waals surface area contributed by atoms with Gasteiger partial charge >= 0.3 is 16.4 Å². The van der Waals surface area contributed by atoms with Gasteiger partial charge in [0.1, 0.15) is 12.0 Å². The highest BCUT2D eigenvalue weighted by Crippen LogP contribution is 2.11. The molecule has 15 heteroatoms. The molecule has 0 aliphatic rings. The van der Waals surface area contributed by atoms with E-state index in [9.17, 15) is 9.59 Å². The van der Waals surface area contributed by atoms with Crippen molar-refractivity contribution >= 4 is 27.7 Å². The molecule has 0 radical (unpaired) electrons. The SMILES string of the molecule is CCOC(=O)C(=O)c1ncnn2c(C)ccc12.O=S(=O)(O)O.O=[N+]([O-])O. The number of carbonyl (C=O) groups is 2. The highest BCUT2D eigenvalue weighted by Gasteiger charge is 2.22. The summed E-state index contributed by atoms with van der Waals surface area (Å²) in [6.07, 6.45) is 1.24. The van der Waals surface area contributed by atoms with Crippen LogP contribution in [0, 0.1) is 17.0 Å². The molecule has 0 amide bonds. The van der Waals surface area contributed by atoms with Gasteiger partial charge in [0, 0.05) is 5.69 Å². The second kappa shape index (κ2) is 9.97. The van der Waals surface area contributed by atoms with E-state index >= 15 is 0 Å². The van der Waals surface area contributed by atoms with Gasteiger partial charge in [0.25, 0.3) is 10.9 Å². The zero-order valence-corrected chi connectivity index (χ0v) is 14.2. The predicted molar refractivity (Wildman–Crippen MR) is 81.6 cm³/mol. The van der Waals surface area contributed by atoms with Crippen LogP contribution in [0.4, 0.5) is 0 Å². The van der Waals surface area contributed by atoms with Gasteiger partial charge in [-0.3, -0.25) is 13.9 Å². The standard InChI is InChI=1S/C11H11N3O3.HNO3.H2O4S/c1-3-17-11(16)10(15)9-8-5-4-7(2)14(8)13-6-12-9;2-1(3)4;1-5(2,3)4/h4-6H,3H2,1-2H3;(H,2,3,4);(H2,1,2,3,4). The second-order valence-corrected chi connectivity index (χ2v) is 5.01. The summed E-state index contributed by atoms with van der Waals surface area (Å²) in [4.78, 5) is 35.3. The van der Waals surface area contributed by atoms with Crippen LogP contribution in [0.25, 0.3) is 5.52 Å². The minimum atomic E-state index is -4.67. The molecule has 2 heterocycles. The van der Waals surface area contributed by atoms with Crippen molar-refractivity contribution in [1.29, 1.82) is 0 Å². The number of fused-ring (bicyclic) bond motifs is 1. The fourth-order valence-corrected chi connectivity index (χ4v) is 1.53. The molecule has 0 aliphatic heterocycles. The lowest BCUT2D eigenvalue weighted by Gasteiger charge is -2.02. The molecule has 0 aliphatic carbocycles. The summed E-state index contributed by atoms with van der Waals surface area (Å²) in [7, 11) is -4.67. The van der Waals surface area contributed by atoms with Crippen molar-refractivity contribution in [2.24, 2.45) is 0 Å². The van der Waals surface area contributed by atoms with Crippen LogP contribution in [0.2, 0.25) is 0 Å². The summed E-state index contributed by atoms with van der Waals surface area (Å²) < 4.78 is 37.8. The van der Waals surface area contributed by atoms with Gasteiger partial charge in [0.05, 0.1) is 12.1 Å². The molecular weight excluding hydrogens is 380 g/mol. The lowest BCUT2D eigenvalue weighted by molar-refractivity contribution is -0.742. The second-order valence-electron chi connectivity index (χ2n) is 4.12. The molecule has 2 aromatic rings. The quantitative estimate of drug-likeness (QED) is 0.154. The molecule has 0 spiro atoms. The molecule has 0 unspecified atom stereocenters. The molecule has 2 aromatic heterocycles. The summed E-state index contributed by atoms with van der Waals surface area (Å²) >= 11 is 0. The highest BCUT2D eigenvalue weighted by atomic mass is 32.3. The number of rotatable bonds is 3. The van der Waals surface area contributed by atoms with Crippen LogP contribution in [0.15, 0.2) is 18.5 Å². The number of esters is 1. The van der Waals surface area contributed by atoms with Crippen LogP contribution in [0.3, 0.4) is 0 Å². The molecular formula is C11H14N4O10S. The first kappa shape index (κ1) is 22.8. The van der Waals surface area contributed by atoms with Crippen molar-refractivity contribution in [3.63, 3.8) is 0 Å². The molecule has 14 nitrogen and oxygen atoms in total. The number of hydrogen-bond donors (Lipinski definition) is 3. The molecule has 3 N–H and O–H groups in total. The van der Waals surface area contributed by atoms with E-state index in [1.165, 1.54) is 6.33 Å². The fourth-order valence-electron chi connectivity index (χ4n) is 1.53. The molecule has 0 bridgehead atoms. The van der Waals surface area contributed by atoms with Gasteiger partial charge < -0.3 is 9.94 Å². The third-order valence-corrected chi connectivity index (χ3v) is 2.32. The highest BCUT2D eigenvalue weighted by molar-refractivity contribution is 7.79. The maximum absolute atomic E-state index is 11.8. The van der Waals surface area contributed by atoms with Crippen molar-refractivity contribution < 1.29 is 42.1 Å². The number of Topliss-reactive ketones (excluding diaryl/α,β-unsaturated/α-hetero) is 1. The Morgan fingerprint density at radius 2 is 1.85 bits per heavy atom. The van der Waals surface area contributed by atoms with E-state index in [0.717, 1.165) is 5.69 Å². The summed E-state index contributed by atoms with van der Waals surface area (Å²) in [5.41, 5.74) is 1.43. The summed E-state index contributed by atoms with van der Waals surface area (Å²) in [6, 6.07) is 3.49. The van der Waals surface area contributed by atoms with Gasteiger partial charge in [-0.2, -0.15) is 13.5 Å². The first-order valence-electron chi connectivity index (χ1n) is 6.42. The molecule has 2 rings (SSSR count). The first-order chi connectivity index (χ1) is 11.9. The van der Waals surface area contributed by atoms with E-state index in [4.69, 9.17) is 32.8 Å². The Balaban J connectivity index is 0.000000582. The fraction of sp³-hybridized carbons (Fsp3) is 0.273. The minimum Gasteiger partial charge on any atom is -0.460 e. The Kier molecular flexibility index (Phi) is 8.75. The van der Waals surface area contributed by atoms with Crippen LogP contribution in [-0.4, -0.2) is 60.8 Å². The van der Waals surface area contributed by atoms with Crippen molar-refractivity contribution in [1.82, 2.24) is 14.6 Å². The summed E-state index contributed by atoms with van der Waals surface area (Å²) in [5.74, 6) is -1.65. The first-order valence-corrected chi connectivity index (χ1v) is 7.82. The number of nitrogens with zero attached hydrogens (tertiary/aromatic N) is 4. The summed E-state index contributed by atoms with van der Waals surface area (Å²) in [6.45, 7) is 3.65. The monoisotopic (exact) mass is 394 g/mol. The molecule has 0 saturated carbocycles. The van der Waals surface area contributed by atoms with Crippen LogP contribution in [0.1, 0.15) is 23.1 Å². The van der Waals surface area contributed by atoms with E-state index in [2.05, 4.69) is 14.8 Å². The Labute approximate surface area is 145 Å². The van der Waals surface area contributed by atoms with Crippen molar-refractivity contribution in [2.45, 2.75) is 13.8 Å². The van der Waals surface area contributed by atoms with Gasteiger partial charge in [-0.15, -0.1) is 10.1 Å². The molecule has 0 fully saturated rings. The average Bonchev–Trinajstić information content (AvgIpc) is 2.86. The van der Waals surface area contributed by atoms with Crippen LogP contribution in [-0.2, 0) is 19.9 Å². The number of hydrogen-bond acceptors (Lipinski definition) is 9. The summed E-state index contributed by atoms with van der Waals surface area (Å²) in [5, 5.41) is 17.6. The zero-order valence-electron chi connectivity index (χ0n) is 13.3. The topological polar surface area (TPSA) is 212 Å². The Hall–Kier alpha value is -3.17. The Morgan fingerprint density at radius 1 is 1.35 bits per heavy atom. The third-order valence-electron chi connectivity index (χ3n) is 2.32. The van der Waals surface area contributed by atoms with Crippen LogP contribution < -0.4 is 0 Å². The molecule has 144 valence electrons. The van der Waals surface area contributed by atoms with E-state index in [1.807, 2.05) is 6.92 Å². The largest absolute Gasteiger partial charge is 0.460 e. The molecule has 26 heavy (non-hydrogen) atoms. The van der Waals surface area contributed by atoms with Crippen molar-refractivity contribution in [3.8, 4) is 0 Å². The van der Waals surface area contributed by atoms with Gasteiger partial charge in [0.15, 0.2) is 0 Å². The molecule has 0 aromatic carbocycles. The maximum atomic E-state index is 11.8. The van der Waals surface area contributed by atoms with E-state index in [-0.39, 0.29) is 12.3 Å². The van der Waals surface area contributed by atoms with Gasteiger partial charge in [-0.25, -0.2) is 14.3 Å². The number of ketones is 1. The Morgan fingerprint density at radius 3 is 2.31 bits per heavy atom. The van der Waals surface area contributed by atoms with Gasteiger partial charge in [-0.05, 0) is 26.0 Å². The minimum absolute atomic E-state index is 0.0616. The third kappa shape index (κ3) is 8.62. The smallest absolute Gasteiger partial charge is 0.394 e. The van der Waals surface area contributed by atoms with Gasteiger partial charge in [0.2, 0.25) is 0 Å². The predicted octanol–water partition coefficient (Wildman–Crippen LogP) is -0.217. The van der Waals surface area contributed by atoms with Crippen LogP contribution in [0.5, 0.6) is 0 Å². The maximum Gasteiger partial charge on any atom is 0.394 e. The van der Waals surface area contributed by atoms with E-state index in [1.54, 1.807) is 23.6 Å². The Bertz CT molecular complexity index is 880. The zero-order chi connectivity index (χ0) is 20.5. The lowest BCUT2D eigenvalue weighted by atomic mass is 10.2. The normalized spacial score (nSPS) is 10.0. The van der Waals surface area contributed by atoms with Crippen molar-refractivity contribution in [2.75, 3.05) is 6.61 Å². The number of aryl methyl sites for hydroxylation is 1. The lowest BCUT2D eigenvalue weighted by Crippen LogP contribution is -2.20. The van der Waals surface area contributed by atoms with E-state index < -0.39 is 27.2 Å².